The fraction of sp³-hybridized carbons (Fsp3) is 0.875. The summed E-state index contributed by atoms with van der Waals surface area (Å²) in [5.41, 5.74) is 0. The van der Waals surface area contributed by atoms with Gasteiger partial charge in [0.25, 0.3) is 0 Å². The first-order valence-corrected chi connectivity index (χ1v) is 3.93. The van der Waals surface area contributed by atoms with Gasteiger partial charge in [-0.15, -0.1) is 0 Å². The molecule has 3 heteroatoms. The second kappa shape index (κ2) is 3.32. The van der Waals surface area contributed by atoms with Gasteiger partial charge >= 0.3 is 0 Å². The molecular weight excluding hydrogens is 144 g/mol. The maximum atomic E-state index is 11.3. The maximum absolute atomic E-state index is 11.3. The molecule has 1 fully saturated rings. The molecule has 3 unspecified atom stereocenters. The number of aliphatic hydroxyl groups excluding tert-OH is 1. The van der Waals surface area contributed by atoms with Crippen LogP contribution < -0.4 is 0 Å². The van der Waals surface area contributed by atoms with Crippen molar-refractivity contribution in [3.8, 4) is 0 Å². The molecule has 0 radical (unpaired) electrons. The highest BCUT2D eigenvalue weighted by Gasteiger charge is 2.32. The van der Waals surface area contributed by atoms with Crippen LogP contribution in [0.25, 0.3) is 0 Å². The summed E-state index contributed by atoms with van der Waals surface area (Å²) >= 11 is 0. The van der Waals surface area contributed by atoms with E-state index in [1.165, 1.54) is 0 Å². The second-order valence-corrected chi connectivity index (χ2v) is 3.15. The van der Waals surface area contributed by atoms with Crippen LogP contribution in [0.3, 0.4) is 0 Å². The van der Waals surface area contributed by atoms with Crippen molar-refractivity contribution in [2.45, 2.75) is 20.0 Å². The SMILES string of the molecule is CC1COC(CO)C(C)C1=O. The third-order valence-electron chi connectivity index (χ3n) is 2.23. The Hall–Kier alpha value is -0.410. The zero-order valence-corrected chi connectivity index (χ0v) is 6.91. The zero-order chi connectivity index (χ0) is 8.43. The molecule has 1 heterocycles. The molecule has 0 aromatic heterocycles. The summed E-state index contributed by atoms with van der Waals surface area (Å²) in [4.78, 5) is 11.3. The standard InChI is InChI=1S/C8H14O3/c1-5-4-11-7(3-9)6(2)8(5)10/h5-7,9H,3-4H2,1-2H3. The summed E-state index contributed by atoms with van der Waals surface area (Å²) in [7, 11) is 0. The van der Waals surface area contributed by atoms with E-state index in [0.717, 1.165) is 0 Å². The molecule has 3 atom stereocenters. The predicted octanol–water partition coefficient (Wildman–Crippen LogP) is 0.219. The molecule has 0 amide bonds. The van der Waals surface area contributed by atoms with Crippen molar-refractivity contribution in [1.29, 1.82) is 0 Å². The molecule has 0 aliphatic carbocycles. The van der Waals surface area contributed by atoms with Crippen molar-refractivity contribution in [2.24, 2.45) is 11.8 Å². The van der Waals surface area contributed by atoms with Crippen molar-refractivity contribution in [1.82, 2.24) is 0 Å². The van der Waals surface area contributed by atoms with Crippen LogP contribution in [0.4, 0.5) is 0 Å². The van der Waals surface area contributed by atoms with E-state index in [-0.39, 0.29) is 30.3 Å². The van der Waals surface area contributed by atoms with Crippen LogP contribution in [0.5, 0.6) is 0 Å². The number of rotatable bonds is 1. The number of hydrogen-bond acceptors (Lipinski definition) is 3. The summed E-state index contributed by atoms with van der Waals surface area (Å²) in [6, 6.07) is 0. The highest BCUT2D eigenvalue weighted by molar-refractivity contribution is 5.84. The Morgan fingerprint density at radius 1 is 1.64 bits per heavy atom. The summed E-state index contributed by atoms with van der Waals surface area (Å²) in [6.45, 7) is 4.05. The van der Waals surface area contributed by atoms with E-state index in [4.69, 9.17) is 9.84 Å². The Kier molecular flexibility index (Phi) is 2.62. The van der Waals surface area contributed by atoms with Gasteiger partial charge in [-0.2, -0.15) is 0 Å². The minimum Gasteiger partial charge on any atom is -0.394 e. The molecule has 1 aliphatic heterocycles. The van der Waals surface area contributed by atoms with Gasteiger partial charge in [-0.3, -0.25) is 4.79 Å². The molecule has 1 aliphatic rings. The van der Waals surface area contributed by atoms with Gasteiger partial charge in [0.05, 0.1) is 19.3 Å². The van der Waals surface area contributed by atoms with E-state index >= 15 is 0 Å². The van der Waals surface area contributed by atoms with Crippen LogP contribution in [-0.2, 0) is 9.53 Å². The third kappa shape index (κ3) is 1.60. The summed E-state index contributed by atoms with van der Waals surface area (Å²) in [5, 5.41) is 8.79. The molecule has 0 spiro atoms. The smallest absolute Gasteiger partial charge is 0.143 e. The fourth-order valence-electron chi connectivity index (χ4n) is 1.34. The number of hydrogen-bond donors (Lipinski definition) is 1. The lowest BCUT2D eigenvalue weighted by Gasteiger charge is -2.30. The Labute approximate surface area is 66.4 Å². The molecule has 1 rings (SSSR count). The molecule has 1 N–H and O–H groups in total. The number of ketones is 1. The lowest BCUT2D eigenvalue weighted by molar-refractivity contribution is -0.145. The number of ether oxygens (including phenoxy) is 1. The van der Waals surface area contributed by atoms with Crippen LogP contribution in [-0.4, -0.2) is 30.2 Å². The largest absolute Gasteiger partial charge is 0.394 e. The van der Waals surface area contributed by atoms with E-state index in [0.29, 0.717) is 6.61 Å². The molecule has 3 nitrogen and oxygen atoms in total. The Morgan fingerprint density at radius 3 is 2.82 bits per heavy atom. The first-order chi connectivity index (χ1) is 5.16. The van der Waals surface area contributed by atoms with E-state index in [1.807, 2.05) is 6.92 Å². The monoisotopic (exact) mass is 158 g/mol. The lowest BCUT2D eigenvalue weighted by atomic mass is 9.89. The van der Waals surface area contributed by atoms with Crippen LogP contribution in [0, 0.1) is 11.8 Å². The normalized spacial score (nSPS) is 39.2. The van der Waals surface area contributed by atoms with E-state index in [1.54, 1.807) is 6.92 Å². The molecule has 0 aromatic rings. The summed E-state index contributed by atoms with van der Waals surface area (Å²) < 4.78 is 5.25. The number of carbonyl (C=O) groups excluding carboxylic acids is 1. The highest BCUT2D eigenvalue weighted by Crippen LogP contribution is 2.20. The van der Waals surface area contributed by atoms with Gasteiger partial charge in [-0.25, -0.2) is 0 Å². The molecular formula is C8H14O3. The van der Waals surface area contributed by atoms with Crippen molar-refractivity contribution in [3.05, 3.63) is 0 Å². The van der Waals surface area contributed by atoms with Gasteiger partial charge in [-0.05, 0) is 0 Å². The second-order valence-electron chi connectivity index (χ2n) is 3.15. The van der Waals surface area contributed by atoms with E-state index in [2.05, 4.69) is 0 Å². The molecule has 0 bridgehead atoms. The maximum Gasteiger partial charge on any atom is 0.143 e. The minimum atomic E-state index is -0.279. The first-order valence-electron chi connectivity index (χ1n) is 3.93. The van der Waals surface area contributed by atoms with Gasteiger partial charge in [0.2, 0.25) is 0 Å². The molecule has 0 saturated carbocycles. The van der Waals surface area contributed by atoms with Crippen LogP contribution in [0.2, 0.25) is 0 Å². The molecule has 1 saturated heterocycles. The average Bonchev–Trinajstić information content (AvgIpc) is 2.01. The highest BCUT2D eigenvalue weighted by atomic mass is 16.5. The van der Waals surface area contributed by atoms with Gasteiger partial charge in [0.15, 0.2) is 0 Å². The van der Waals surface area contributed by atoms with Crippen molar-refractivity contribution in [3.63, 3.8) is 0 Å². The average molecular weight is 158 g/mol. The van der Waals surface area contributed by atoms with Gasteiger partial charge in [0, 0.05) is 11.8 Å². The van der Waals surface area contributed by atoms with Crippen molar-refractivity contribution < 1.29 is 14.6 Å². The van der Waals surface area contributed by atoms with Crippen LogP contribution >= 0.6 is 0 Å². The minimum absolute atomic E-state index is 0.00667. The van der Waals surface area contributed by atoms with Gasteiger partial charge < -0.3 is 9.84 Å². The van der Waals surface area contributed by atoms with Crippen LogP contribution in [0.15, 0.2) is 0 Å². The topological polar surface area (TPSA) is 46.5 Å². The quantitative estimate of drug-likeness (QED) is 0.593. The summed E-state index contributed by atoms with van der Waals surface area (Å²) in [5.74, 6) is 0.0480. The number of carbonyl (C=O) groups is 1. The number of Topliss-reactive ketones (excluding diaryl/α,β-unsaturated/α-hetero) is 1. The van der Waals surface area contributed by atoms with Gasteiger partial charge in [-0.1, -0.05) is 13.8 Å². The third-order valence-corrected chi connectivity index (χ3v) is 2.23. The van der Waals surface area contributed by atoms with Crippen molar-refractivity contribution >= 4 is 5.78 Å². The van der Waals surface area contributed by atoms with Crippen molar-refractivity contribution in [2.75, 3.05) is 13.2 Å². The Morgan fingerprint density at radius 2 is 2.27 bits per heavy atom. The zero-order valence-electron chi connectivity index (χ0n) is 6.91. The van der Waals surface area contributed by atoms with Gasteiger partial charge in [0.1, 0.15) is 5.78 Å². The van der Waals surface area contributed by atoms with E-state index < -0.39 is 0 Å². The Bertz CT molecular complexity index is 155. The molecule has 0 aromatic carbocycles. The molecule has 11 heavy (non-hydrogen) atoms. The predicted molar refractivity (Wildman–Crippen MR) is 40.2 cm³/mol. The van der Waals surface area contributed by atoms with Crippen LogP contribution in [0.1, 0.15) is 13.8 Å². The lowest BCUT2D eigenvalue weighted by Crippen LogP contribution is -2.42. The first kappa shape index (κ1) is 8.68. The summed E-state index contributed by atoms with van der Waals surface area (Å²) in [6.07, 6.45) is -0.279. The molecule has 64 valence electrons. The van der Waals surface area contributed by atoms with E-state index in [9.17, 15) is 4.79 Å². The number of aliphatic hydroxyl groups is 1. The fourth-order valence-corrected chi connectivity index (χ4v) is 1.34. The Balaban J connectivity index is 2.59.